The Morgan fingerprint density at radius 2 is 1.81 bits per heavy atom. The quantitative estimate of drug-likeness (QED) is 0.373. The molecule has 3 heterocycles. The Hall–Kier alpha value is -4.67. The van der Waals surface area contributed by atoms with Crippen molar-refractivity contribution in [1.29, 1.82) is 0 Å². The zero-order chi connectivity index (χ0) is 25.4. The second-order valence-electron chi connectivity index (χ2n) is 8.55. The van der Waals surface area contributed by atoms with Gasteiger partial charge in [-0.25, -0.2) is 15.0 Å². The number of nitrogens with one attached hydrogen (secondary N) is 1. The molecular formula is C25H26N10O. The Balaban J connectivity index is 1.73. The highest BCUT2D eigenvalue weighted by molar-refractivity contribution is 5.81. The van der Waals surface area contributed by atoms with Gasteiger partial charge < -0.3 is 11.1 Å². The zero-order valence-corrected chi connectivity index (χ0v) is 20.5. The van der Waals surface area contributed by atoms with Gasteiger partial charge in [-0.2, -0.15) is 0 Å². The van der Waals surface area contributed by atoms with Gasteiger partial charge in [-0.1, -0.05) is 37.3 Å². The Morgan fingerprint density at radius 3 is 2.53 bits per heavy atom. The lowest BCUT2D eigenvalue weighted by atomic mass is 10.1. The standard InChI is InChI=1S/C25H26N10O/c1-5-17(29-23-21(22(26)27-13-28-23)35-32-16(4)31-33-35)24-30-18-11-8-10-15(3)20(18)25(36)34(24)19-12-7-6-9-14(19)2/h6-13,17H,5H2,1-4H3,(H3,26,27,28,29)/t17-/m0/s1. The third-order valence-electron chi connectivity index (χ3n) is 6.08. The average molecular weight is 483 g/mol. The molecule has 5 rings (SSSR count). The van der Waals surface area contributed by atoms with Crippen LogP contribution in [0.25, 0.3) is 22.3 Å². The molecule has 0 spiro atoms. The first-order valence-electron chi connectivity index (χ1n) is 11.6. The first kappa shape index (κ1) is 23.1. The molecule has 0 radical (unpaired) electrons. The number of para-hydroxylation sites is 1. The van der Waals surface area contributed by atoms with Crippen LogP contribution in [0.1, 0.15) is 42.2 Å². The molecule has 2 aromatic carbocycles. The summed E-state index contributed by atoms with van der Waals surface area (Å²) in [5.41, 5.74) is 9.67. The molecule has 0 aliphatic carbocycles. The van der Waals surface area contributed by atoms with E-state index in [0.29, 0.717) is 40.5 Å². The van der Waals surface area contributed by atoms with Crippen molar-refractivity contribution in [3.63, 3.8) is 0 Å². The van der Waals surface area contributed by atoms with E-state index >= 15 is 0 Å². The summed E-state index contributed by atoms with van der Waals surface area (Å²) < 4.78 is 1.69. The summed E-state index contributed by atoms with van der Waals surface area (Å²) in [5, 5.41) is 16.3. The second-order valence-corrected chi connectivity index (χ2v) is 8.55. The van der Waals surface area contributed by atoms with Gasteiger partial charge in [-0.3, -0.25) is 9.36 Å². The number of hydrogen-bond donors (Lipinski definition) is 2. The Bertz CT molecular complexity index is 1640. The first-order chi connectivity index (χ1) is 17.4. The van der Waals surface area contributed by atoms with Gasteiger partial charge in [0.15, 0.2) is 23.1 Å². The predicted octanol–water partition coefficient (Wildman–Crippen LogP) is 3.22. The third kappa shape index (κ3) is 3.94. The molecular weight excluding hydrogens is 456 g/mol. The van der Waals surface area contributed by atoms with E-state index in [-0.39, 0.29) is 11.4 Å². The minimum atomic E-state index is -0.403. The lowest BCUT2D eigenvalue weighted by Crippen LogP contribution is -2.29. The van der Waals surface area contributed by atoms with Crippen LogP contribution in [-0.2, 0) is 0 Å². The number of nitrogen functional groups attached to an aromatic ring is 1. The molecule has 3 N–H and O–H groups in total. The van der Waals surface area contributed by atoms with Gasteiger partial charge >= 0.3 is 0 Å². The molecule has 0 aliphatic rings. The molecule has 11 heteroatoms. The van der Waals surface area contributed by atoms with Gasteiger partial charge in [0.05, 0.1) is 22.6 Å². The van der Waals surface area contributed by atoms with Crippen LogP contribution in [0.15, 0.2) is 53.6 Å². The van der Waals surface area contributed by atoms with Crippen LogP contribution in [-0.4, -0.2) is 39.7 Å². The maximum atomic E-state index is 14.0. The van der Waals surface area contributed by atoms with Crippen molar-refractivity contribution < 1.29 is 0 Å². The van der Waals surface area contributed by atoms with E-state index in [2.05, 4.69) is 30.7 Å². The molecule has 0 saturated carbocycles. The van der Waals surface area contributed by atoms with Crippen LogP contribution in [0.2, 0.25) is 0 Å². The molecule has 0 unspecified atom stereocenters. The number of anilines is 2. The monoisotopic (exact) mass is 482 g/mol. The number of nitrogens with zero attached hydrogens (tertiary/aromatic N) is 8. The number of hydrogen-bond acceptors (Lipinski definition) is 9. The van der Waals surface area contributed by atoms with Crippen LogP contribution < -0.4 is 16.6 Å². The van der Waals surface area contributed by atoms with Crippen LogP contribution in [0, 0.1) is 20.8 Å². The lowest BCUT2D eigenvalue weighted by molar-refractivity contribution is 0.651. The number of tetrazole rings is 1. The predicted molar refractivity (Wildman–Crippen MR) is 137 cm³/mol. The van der Waals surface area contributed by atoms with Crippen molar-refractivity contribution in [2.45, 2.75) is 40.2 Å². The summed E-state index contributed by atoms with van der Waals surface area (Å²) in [4.78, 5) is 28.8. The smallest absolute Gasteiger partial charge is 0.266 e. The number of rotatable bonds is 6. The molecule has 1 atom stereocenters. The molecule has 0 amide bonds. The average Bonchev–Trinajstić information content (AvgIpc) is 3.28. The summed E-state index contributed by atoms with van der Waals surface area (Å²) in [5.74, 6) is 1.64. The molecule has 0 fully saturated rings. The van der Waals surface area contributed by atoms with Crippen LogP contribution in [0.4, 0.5) is 11.6 Å². The normalized spacial score (nSPS) is 12.1. The highest BCUT2D eigenvalue weighted by Crippen LogP contribution is 2.29. The van der Waals surface area contributed by atoms with Gasteiger partial charge in [-0.15, -0.1) is 15.0 Å². The van der Waals surface area contributed by atoms with Crippen molar-refractivity contribution in [2.75, 3.05) is 11.1 Å². The molecule has 36 heavy (non-hydrogen) atoms. The summed E-state index contributed by atoms with van der Waals surface area (Å²) in [7, 11) is 0. The van der Waals surface area contributed by atoms with E-state index in [0.717, 1.165) is 16.8 Å². The van der Waals surface area contributed by atoms with E-state index in [9.17, 15) is 4.79 Å². The lowest BCUT2D eigenvalue weighted by Gasteiger charge is -2.24. The first-order valence-corrected chi connectivity index (χ1v) is 11.6. The Labute approximate surface area is 207 Å². The van der Waals surface area contributed by atoms with Crippen LogP contribution in [0.5, 0.6) is 0 Å². The summed E-state index contributed by atoms with van der Waals surface area (Å²) in [6, 6.07) is 13.0. The van der Waals surface area contributed by atoms with E-state index < -0.39 is 6.04 Å². The number of nitrogens with two attached hydrogens (primary N) is 1. The van der Waals surface area contributed by atoms with Gasteiger partial charge in [0, 0.05) is 0 Å². The highest BCUT2D eigenvalue weighted by Gasteiger charge is 2.24. The SMILES string of the molecule is CC[C@H](Nc1ncnc(N)c1-n1nnc(C)n1)c1nc2cccc(C)c2c(=O)n1-c1ccccc1C. The number of aromatic nitrogens is 8. The largest absolute Gasteiger partial charge is 0.382 e. The number of benzene rings is 2. The van der Waals surface area contributed by atoms with Gasteiger partial charge in [0.2, 0.25) is 0 Å². The van der Waals surface area contributed by atoms with Crippen molar-refractivity contribution in [3.8, 4) is 11.4 Å². The minimum Gasteiger partial charge on any atom is -0.382 e. The van der Waals surface area contributed by atoms with E-state index in [1.165, 1.54) is 11.1 Å². The molecule has 11 nitrogen and oxygen atoms in total. The second kappa shape index (κ2) is 9.17. The molecule has 5 aromatic rings. The van der Waals surface area contributed by atoms with E-state index in [1.807, 2.05) is 63.2 Å². The summed E-state index contributed by atoms with van der Waals surface area (Å²) in [6.07, 6.45) is 1.96. The summed E-state index contributed by atoms with van der Waals surface area (Å²) in [6.45, 7) is 7.64. The maximum Gasteiger partial charge on any atom is 0.266 e. The minimum absolute atomic E-state index is 0.126. The molecule has 0 bridgehead atoms. The van der Waals surface area contributed by atoms with E-state index in [4.69, 9.17) is 10.7 Å². The topological polar surface area (TPSA) is 142 Å². The fourth-order valence-corrected chi connectivity index (χ4v) is 4.28. The Morgan fingerprint density at radius 1 is 1.03 bits per heavy atom. The third-order valence-corrected chi connectivity index (χ3v) is 6.08. The van der Waals surface area contributed by atoms with Crippen molar-refractivity contribution in [2.24, 2.45) is 0 Å². The molecule has 3 aromatic heterocycles. The summed E-state index contributed by atoms with van der Waals surface area (Å²) >= 11 is 0. The van der Waals surface area contributed by atoms with Crippen molar-refractivity contribution in [3.05, 3.63) is 81.9 Å². The van der Waals surface area contributed by atoms with Crippen LogP contribution >= 0.6 is 0 Å². The highest BCUT2D eigenvalue weighted by atomic mass is 16.1. The van der Waals surface area contributed by atoms with Gasteiger partial charge in [-0.05, 0) is 55.7 Å². The van der Waals surface area contributed by atoms with Crippen LogP contribution in [0.3, 0.4) is 0 Å². The molecule has 0 saturated heterocycles. The van der Waals surface area contributed by atoms with Gasteiger partial charge in [0.1, 0.15) is 12.2 Å². The van der Waals surface area contributed by atoms with Crippen molar-refractivity contribution in [1.82, 2.24) is 39.7 Å². The van der Waals surface area contributed by atoms with E-state index in [1.54, 1.807) is 11.5 Å². The fourth-order valence-electron chi connectivity index (χ4n) is 4.28. The van der Waals surface area contributed by atoms with Crippen molar-refractivity contribution >= 4 is 22.5 Å². The Kier molecular flexibility index (Phi) is 5.88. The zero-order valence-electron chi connectivity index (χ0n) is 20.5. The fraction of sp³-hybridized carbons (Fsp3) is 0.240. The molecule has 0 aliphatic heterocycles. The number of aryl methyl sites for hydroxylation is 3. The maximum absolute atomic E-state index is 14.0. The molecule has 182 valence electrons. The number of fused-ring (bicyclic) bond motifs is 1. The van der Waals surface area contributed by atoms with Gasteiger partial charge in [0.25, 0.3) is 5.56 Å².